The van der Waals surface area contributed by atoms with E-state index in [-0.39, 0.29) is 11.7 Å². The molecule has 45 heavy (non-hydrogen) atoms. The van der Waals surface area contributed by atoms with E-state index in [4.69, 9.17) is 0 Å². The van der Waals surface area contributed by atoms with Crippen molar-refractivity contribution in [3.8, 4) is 28.5 Å². The van der Waals surface area contributed by atoms with Crippen LogP contribution in [-0.2, 0) is 0 Å². The van der Waals surface area contributed by atoms with Gasteiger partial charge >= 0.3 is 12.4 Å². The van der Waals surface area contributed by atoms with E-state index in [0.717, 1.165) is 22.5 Å². The van der Waals surface area contributed by atoms with Gasteiger partial charge in [-0.05, 0) is 66.8 Å². The van der Waals surface area contributed by atoms with Gasteiger partial charge in [-0.3, -0.25) is 4.57 Å². The van der Waals surface area contributed by atoms with Crippen LogP contribution < -0.4 is 9.54 Å². The lowest BCUT2D eigenvalue weighted by Gasteiger charge is -2.17. The summed E-state index contributed by atoms with van der Waals surface area (Å²) in [5.41, 5.74) is 6.61. The van der Waals surface area contributed by atoms with Gasteiger partial charge in [-0.25, -0.2) is 19.5 Å². The van der Waals surface area contributed by atoms with Crippen molar-refractivity contribution in [3.63, 3.8) is 0 Å². The lowest BCUT2D eigenvalue weighted by Crippen LogP contribution is -2.18. The molecule has 0 N–H and O–H groups in total. The van der Waals surface area contributed by atoms with E-state index in [0.29, 0.717) is 22.2 Å². The van der Waals surface area contributed by atoms with E-state index in [1.165, 1.54) is 57.7 Å². The van der Waals surface area contributed by atoms with Crippen LogP contribution in [0.3, 0.4) is 0 Å². The number of aromatic nitrogens is 4. The molecule has 2 aromatic heterocycles. The summed E-state index contributed by atoms with van der Waals surface area (Å²) in [7, 11) is 0. The van der Waals surface area contributed by atoms with Crippen molar-refractivity contribution in [1.29, 1.82) is 0 Å². The van der Waals surface area contributed by atoms with Crippen LogP contribution in [0, 0.1) is 13.8 Å². The third-order valence-electron chi connectivity index (χ3n) is 7.12. The number of carbonyl (C=O) groups is 1. The average Bonchev–Trinajstić information content (AvgIpc) is 3.62. The van der Waals surface area contributed by atoms with Gasteiger partial charge in [0.1, 0.15) is 12.1 Å². The summed E-state index contributed by atoms with van der Waals surface area (Å²) in [6, 6.07) is 18.4. The fourth-order valence-electron chi connectivity index (χ4n) is 5.00. The van der Waals surface area contributed by atoms with Gasteiger partial charge in [-0.2, -0.15) is 4.99 Å². The molecule has 0 aliphatic rings. The first kappa shape index (κ1) is 31.6. The summed E-state index contributed by atoms with van der Waals surface area (Å²) in [5, 5.41) is 6.42. The molecule has 5 rings (SSSR count). The maximum atomic E-state index is 12.8. The fraction of sp³-hybridized carbons (Fsp3) is 0.242. The standard InChI is InChI=1S/C33H31F3N6O2S/c1-20(2)29-21(3)7-6-8-28(29)42-23(5)18-45-32(42)39-31(43)37-17-22(4)24-9-11-25(12-10-24)30-38-19-41(40-30)26-13-15-27(16-14-26)44-33(34,35)36/h6-20,22H,1-5H3. The predicted molar refractivity (Wildman–Crippen MR) is 169 cm³/mol. The molecule has 12 heteroatoms. The normalized spacial score (nSPS) is 13.1. The van der Waals surface area contributed by atoms with Crippen molar-refractivity contribution in [1.82, 2.24) is 19.3 Å². The average molecular weight is 633 g/mol. The number of urea groups is 1. The molecule has 0 aliphatic carbocycles. The predicted octanol–water partition coefficient (Wildman–Crippen LogP) is 8.32. The van der Waals surface area contributed by atoms with Crippen molar-refractivity contribution in [2.45, 2.75) is 52.8 Å². The van der Waals surface area contributed by atoms with Crippen molar-refractivity contribution in [2.24, 2.45) is 9.98 Å². The van der Waals surface area contributed by atoms with Gasteiger partial charge in [0.05, 0.1) is 11.4 Å². The number of hydrogen-bond acceptors (Lipinski definition) is 5. The highest BCUT2D eigenvalue weighted by Gasteiger charge is 2.31. The lowest BCUT2D eigenvalue weighted by molar-refractivity contribution is -0.274. The Balaban J connectivity index is 1.28. The zero-order chi connectivity index (χ0) is 32.3. The van der Waals surface area contributed by atoms with Crippen LogP contribution >= 0.6 is 11.3 Å². The largest absolute Gasteiger partial charge is 0.573 e. The molecule has 2 amide bonds. The number of nitrogens with zero attached hydrogens (tertiary/aromatic N) is 6. The monoisotopic (exact) mass is 632 g/mol. The van der Waals surface area contributed by atoms with Crippen LogP contribution in [-0.4, -0.2) is 37.9 Å². The first-order chi connectivity index (χ1) is 21.4. The molecule has 8 nitrogen and oxygen atoms in total. The van der Waals surface area contributed by atoms with E-state index in [2.05, 4.69) is 57.7 Å². The number of thiazole rings is 1. The molecular formula is C33H31F3N6O2S. The highest BCUT2D eigenvalue weighted by Crippen LogP contribution is 2.28. The Hall–Kier alpha value is -4.84. The molecule has 232 valence electrons. The number of alkyl halides is 3. The van der Waals surface area contributed by atoms with Crippen LogP contribution in [0.15, 0.2) is 88.4 Å². The number of halogens is 3. The van der Waals surface area contributed by atoms with Gasteiger partial charge in [0.25, 0.3) is 0 Å². The van der Waals surface area contributed by atoms with E-state index >= 15 is 0 Å². The van der Waals surface area contributed by atoms with Crippen molar-refractivity contribution in [2.75, 3.05) is 0 Å². The summed E-state index contributed by atoms with van der Waals surface area (Å²) >= 11 is 1.40. The molecular weight excluding hydrogens is 601 g/mol. The maximum absolute atomic E-state index is 12.8. The Morgan fingerprint density at radius 3 is 2.38 bits per heavy atom. The Bertz CT molecular complexity index is 1900. The van der Waals surface area contributed by atoms with E-state index in [1.807, 2.05) is 54.1 Å². The minimum Gasteiger partial charge on any atom is -0.406 e. The van der Waals surface area contributed by atoms with Gasteiger partial charge in [-0.15, -0.1) is 29.6 Å². The van der Waals surface area contributed by atoms with Gasteiger partial charge in [-0.1, -0.05) is 57.2 Å². The molecule has 0 bridgehead atoms. The van der Waals surface area contributed by atoms with E-state index < -0.39 is 12.4 Å². The van der Waals surface area contributed by atoms with Gasteiger partial charge < -0.3 is 4.74 Å². The summed E-state index contributed by atoms with van der Waals surface area (Å²) < 4.78 is 44.7. The molecule has 0 radical (unpaired) electrons. The van der Waals surface area contributed by atoms with Crippen LogP contribution in [0.4, 0.5) is 18.0 Å². The number of carbonyl (C=O) groups excluding carboxylic acids is 1. The maximum Gasteiger partial charge on any atom is 0.573 e. The number of aliphatic imine (C=N–C) groups is 1. The molecule has 1 atom stereocenters. The molecule has 3 aromatic carbocycles. The Labute approximate surface area is 262 Å². The smallest absolute Gasteiger partial charge is 0.406 e. The quantitative estimate of drug-likeness (QED) is 0.169. The number of amides is 2. The van der Waals surface area contributed by atoms with Crippen LogP contribution in [0.5, 0.6) is 5.75 Å². The minimum absolute atomic E-state index is 0.164. The second-order valence-electron chi connectivity index (χ2n) is 10.8. The molecule has 0 aliphatic heterocycles. The molecule has 2 heterocycles. The highest BCUT2D eigenvalue weighted by atomic mass is 32.1. The second kappa shape index (κ2) is 13.0. The number of ether oxygens (including phenoxy) is 1. The van der Waals surface area contributed by atoms with Crippen LogP contribution in [0.2, 0.25) is 0 Å². The third-order valence-corrected chi connectivity index (χ3v) is 8.06. The number of hydrogen-bond donors (Lipinski definition) is 0. The molecule has 5 aromatic rings. The van der Waals surface area contributed by atoms with Crippen molar-refractivity contribution in [3.05, 3.63) is 106 Å². The molecule has 1 unspecified atom stereocenters. The van der Waals surface area contributed by atoms with E-state index in [1.54, 1.807) is 6.21 Å². The summed E-state index contributed by atoms with van der Waals surface area (Å²) in [4.78, 5) is 26.2. The molecule has 0 saturated heterocycles. The number of benzene rings is 3. The van der Waals surface area contributed by atoms with Gasteiger partial charge in [0, 0.05) is 28.8 Å². The third kappa shape index (κ3) is 7.46. The van der Waals surface area contributed by atoms with Crippen molar-refractivity contribution < 1.29 is 22.7 Å². The second-order valence-corrected chi connectivity index (χ2v) is 11.6. The Kier molecular flexibility index (Phi) is 9.14. The minimum atomic E-state index is -4.76. The lowest BCUT2D eigenvalue weighted by atomic mass is 9.96. The number of aryl methyl sites for hydroxylation is 2. The zero-order valence-electron chi connectivity index (χ0n) is 25.3. The first-order valence-electron chi connectivity index (χ1n) is 14.2. The summed E-state index contributed by atoms with van der Waals surface area (Å²) in [6.45, 7) is 10.3. The Morgan fingerprint density at radius 1 is 1.00 bits per heavy atom. The number of rotatable bonds is 7. The van der Waals surface area contributed by atoms with Gasteiger partial charge in [0.15, 0.2) is 10.6 Å². The van der Waals surface area contributed by atoms with Gasteiger partial charge in [0.2, 0.25) is 0 Å². The topological polar surface area (TPSA) is 86.7 Å². The first-order valence-corrected chi connectivity index (χ1v) is 15.1. The summed E-state index contributed by atoms with van der Waals surface area (Å²) in [5.74, 6) is 0.266. The SMILES string of the molecule is Cc1cccc(-n2c(C)csc2=NC(=O)N=CC(C)c2ccc(-c3ncn(-c4ccc(OC(F)(F)F)cc4)n3)cc2)c1C(C)C. The van der Waals surface area contributed by atoms with Crippen LogP contribution in [0.1, 0.15) is 55.0 Å². The van der Waals surface area contributed by atoms with Crippen molar-refractivity contribution >= 4 is 23.6 Å². The molecule has 0 fully saturated rings. The molecule has 0 spiro atoms. The Morgan fingerprint density at radius 2 is 1.71 bits per heavy atom. The molecule has 0 saturated carbocycles. The van der Waals surface area contributed by atoms with E-state index in [9.17, 15) is 18.0 Å². The highest BCUT2D eigenvalue weighted by molar-refractivity contribution is 7.07. The zero-order valence-corrected chi connectivity index (χ0v) is 26.1. The van der Waals surface area contributed by atoms with Crippen LogP contribution in [0.25, 0.3) is 22.8 Å². The summed E-state index contributed by atoms with van der Waals surface area (Å²) in [6.07, 6.45) is -1.69. The fourth-order valence-corrected chi connectivity index (χ4v) is 5.86.